The van der Waals surface area contributed by atoms with Crippen molar-refractivity contribution in [2.45, 2.75) is 32.0 Å². The van der Waals surface area contributed by atoms with E-state index >= 15 is 0 Å². The molecule has 1 N–H and O–H groups in total. The highest BCUT2D eigenvalue weighted by atomic mass is 32.1. The molecule has 168 valence electrons. The molecule has 1 aromatic heterocycles. The van der Waals surface area contributed by atoms with Gasteiger partial charge >= 0.3 is 0 Å². The normalized spacial score (nSPS) is 16.8. The second-order valence-electron chi connectivity index (χ2n) is 7.90. The summed E-state index contributed by atoms with van der Waals surface area (Å²) < 4.78 is 25.5. The maximum Gasteiger partial charge on any atom is 0.261 e. The first-order valence-electron chi connectivity index (χ1n) is 10.6. The number of benzene rings is 2. The highest BCUT2D eigenvalue weighted by Gasteiger charge is 2.34. The van der Waals surface area contributed by atoms with Crippen molar-refractivity contribution in [2.24, 2.45) is 0 Å². The van der Waals surface area contributed by atoms with Gasteiger partial charge in [0, 0.05) is 24.7 Å². The summed E-state index contributed by atoms with van der Waals surface area (Å²) in [6.07, 6.45) is 0.798. The first-order valence-corrected chi connectivity index (χ1v) is 11.5. The highest BCUT2D eigenvalue weighted by molar-refractivity contribution is 7.12. The van der Waals surface area contributed by atoms with Crippen LogP contribution in [0.15, 0.2) is 53.9 Å². The SMILES string of the molecule is COc1cc2c(cc1OC)C(C(C)NC(=O)c1cccs1)N(Cc1ccccc1F)CC2. The number of amides is 1. The van der Waals surface area contributed by atoms with Crippen LogP contribution in [-0.2, 0) is 13.0 Å². The molecule has 0 saturated heterocycles. The van der Waals surface area contributed by atoms with E-state index in [1.54, 1.807) is 20.3 Å². The smallest absolute Gasteiger partial charge is 0.261 e. The summed E-state index contributed by atoms with van der Waals surface area (Å²) in [5.74, 6) is 0.995. The van der Waals surface area contributed by atoms with Gasteiger partial charge in [-0.15, -0.1) is 11.3 Å². The summed E-state index contributed by atoms with van der Waals surface area (Å²) in [4.78, 5) is 15.7. The van der Waals surface area contributed by atoms with Gasteiger partial charge in [0.15, 0.2) is 11.5 Å². The second-order valence-corrected chi connectivity index (χ2v) is 8.85. The predicted molar refractivity (Wildman–Crippen MR) is 124 cm³/mol. The Hall–Kier alpha value is -2.90. The monoisotopic (exact) mass is 454 g/mol. The lowest BCUT2D eigenvalue weighted by molar-refractivity contribution is 0.0879. The van der Waals surface area contributed by atoms with Crippen LogP contribution >= 0.6 is 11.3 Å². The van der Waals surface area contributed by atoms with Crippen molar-refractivity contribution >= 4 is 17.2 Å². The molecule has 1 aliphatic heterocycles. The van der Waals surface area contributed by atoms with Crippen molar-refractivity contribution in [3.8, 4) is 11.5 Å². The van der Waals surface area contributed by atoms with Gasteiger partial charge in [0.2, 0.25) is 0 Å². The Labute approximate surface area is 191 Å². The number of carbonyl (C=O) groups excluding carboxylic acids is 1. The molecule has 1 aliphatic rings. The molecule has 0 saturated carbocycles. The summed E-state index contributed by atoms with van der Waals surface area (Å²) in [5, 5.41) is 5.04. The lowest BCUT2D eigenvalue weighted by Crippen LogP contribution is -2.47. The molecule has 0 radical (unpaired) electrons. The third-order valence-corrected chi connectivity index (χ3v) is 6.80. The van der Waals surface area contributed by atoms with E-state index in [0.29, 0.717) is 28.5 Å². The maximum atomic E-state index is 14.5. The molecule has 3 aromatic rings. The number of fused-ring (bicyclic) bond motifs is 1. The second kappa shape index (κ2) is 9.71. The molecule has 2 unspecified atom stereocenters. The minimum atomic E-state index is -0.223. The molecule has 0 bridgehead atoms. The number of hydrogen-bond acceptors (Lipinski definition) is 5. The van der Waals surface area contributed by atoms with Crippen molar-refractivity contribution in [2.75, 3.05) is 20.8 Å². The lowest BCUT2D eigenvalue weighted by Gasteiger charge is -2.41. The van der Waals surface area contributed by atoms with Gasteiger partial charge in [-0.3, -0.25) is 9.69 Å². The topological polar surface area (TPSA) is 50.8 Å². The molecular formula is C25H27FN2O3S. The van der Waals surface area contributed by atoms with Crippen LogP contribution in [0.25, 0.3) is 0 Å². The summed E-state index contributed by atoms with van der Waals surface area (Å²) in [7, 11) is 3.24. The number of hydrogen-bond donors (Lipinski definition) is 1. The zero-order chi connectivity index (χ0) is 22.7. The highest BCUT2D eigenvalue weighted by Crippen LogP contribution is 2.40. The molecule has 0 spiro atoms. The molecule has 32 heavy (non-hydrogen) atoms. The number of methoxy groups -OCH3 is 2. The standard InChI is InChI=1S/C25H27FN2O3S/c1-16(27-25(29)23-9-6-12-32-23)24-19-14-22(31-3)21(30-2)13-17(19)10-11-28(24)15-18-7-4-5-8-20(18)26/h4-9,12-14,16,24H,10-11,15H2,1-3H3,(H,27,29). The Bertz CT molecular complexity index is 1090. The lowest BCUT2D eigenvalue weighted by atomic mass is 9.87. The summed E-state index contributed by atoms with van der Waals surface area (Å²) in [5.41, 5.74) is 2.84. The first-order chi connectivity index (χ1) is 15.5. The predicted octanol–water partition coefficient (Wildman–Crippen LogP) is 4.82. The van der Waals surface area contributed by atoms with Gasteiger partial charge in [-0.1, -0.05) is 24.3 Å². The van der Waals surface area contributed by atoms with Gasteiger partial charge in [0.1, 0.15) is 5.82 Å². The Morgan fingerprint density at radius 1 is 1.19 bits per heavy atom. The number of ether oxygens (including phenoxy) is 2. The van der Waals surface area contributed by atoms with Gasteiger partial charge in [-0.05, 0) is 54.1 Å². The van der Waals surface area contributed by atoms with Crippen molar-refractivity contribution in [3.63, 3.8) is 0 Å². The van der Waals surface area contributed by atoms with Gasteiger partial charge in [-0.25, -0.2) is 4.39 Å². The summed E-state index contributed by atoms with van der Waals surface area (Å²) in [6, 6.07) is 14.1. The number of halogens is 1. The Balaban J connectivity index is 1.70. The van der Waals surface area contributed by atoms with E-state index in [1.165, 1.54) is 17.4 Å². The molecule has 4 rings (SSSR count). The molecule has 2 atom stereocenters. The average molecular weight is 455 g/mol. The van der Waals surface area contributed by atoms with E-state index < -0.39 is 0 Å². The van der Waals surface area contributed by atoms with E-state index in [-0.39, 0.29) is 23.8 Å². The van der Waals surface area contributed by atoms with E-state index in [1.807, 2.05) is 48.7 Å². The number of nitrogens with one attached hydrogen (secondary N) is 1. The van der Waals surface area contributed by atoms with Gasteiger partial charge in [-0.2, -0.15) is 0 Å². The van der Waals surface area contributed by atoms with Crippen LogP contribution < -0.4 is 14.8 Å². The average Bonchev–Trinajstić information content (AvgIpc) is 3.34. The molecule has 1 amide bonds. The number of thiophene rings is 1. The fourth-order valence-corrected chi connectivity index (χ4v) is 5.03. The number of nitrogens with zero attached hydrogens (tertiary/aromatic N) is 1. The van der Waals surface area contributed by atoms with Crippen LogP contribution in [0.5, 0.6) is 11.5 Å². The van der Waals surface area contributed by atoms with Crippen molar-refractivity contribution in [1.29, 1.82) is 0 Å². The number of carbonyl (C=O) groups is 1. The summed E-state index contributed by atoms with van der Waals surface area (Å²) >= 11 is 1.41. The zero-order valence-corrected chi connectivity index (χ0v) is 19.2. The maximum absolute atomic E-state index is 14.5. The van der Waals surface area contributed by atoms with Gasteiger partial charge < -0.3 is 14.8 Å². The zero-order valence-electron chi connectivity index (χ0n) is 18.4. The molecule has 2 aromatic carbocycles. The van der Waals surface area contributed by atoms with Crippen molar-refractivity contribution in [1.82, 2.24) is 10.2 Å². The van der Waals surface area contributed by atoms with Gasteiger partial charge in [0.25, 0.3) is 5.91 Å². The first kappa shape index (κ1) is 22.3. The molecule has 7 heteroatoms. The summed E-state index contributed by atoms with van der Waals surface area (Å²) in [6.45, 7) is 3.18. The third kappa shape index (κ3) is 4.49. The van der Waals surface area contributed by atoms with Crippen LogP contribution in [-0.4, -0.2) is 37.6 Å². The van der Waals surface area contributed by atoms with E-state index in [0.717, 1.165) is 24.1 Å². The Morgan fingerprint density at radius 2 is 1.94 bits per heavy atom. The van der Waals surface area contributed by atoms with Crippen molar-refractivity contribution < 1.29 is 18.7 Å². The van der Waals surface area contributed by atoms with Crippen LogP contribution in [0.3, 0.4) is 0 Å². The van der Waals surface area contributed by atoms with Crippen molar-refractivity contribution in [3.05, 3.63) is 81.3 Å². The third-order valence-electron chi connectivity index (χ3n) is 5.93. The molecule has 0 aliphatic carbocycles. The molecular weight excluding hydrogens is 427 g/mol. The largest absolute Gasteiger partial charge is 0.493 e. The Kier molecular flexibility index (Phi) is 6.77. The van der Waals surface area contributed by atoms with Crippen LogP contribution in [0.1, 0.15) is 39.3 Å². The minimum absolute atomic E-state index is 0.106. The molecule has 2 heterocycles. The van der Waals surface area contributed by atoms with Crippen LogP contribution in [0.2, 0.25) is 0 Å². The van der Waals surface area contributed by atoms with Gasteiger partial charge in [0.05, 0.1) is 25.1 Å². The van der Waals surface area contributed by atoms with E-state index in [2.05, 4.69) is 10.2 Å². The van der Waals surface area contributed by atoms with Crippen LogP contribution in [0, 0.1) is 5.82 Å². The van der Waals surface area contributed by atoms with Crippen LogP contribution in [0.4, 0.5) is 4.39 Å². The molecule has 0 fully saturated rings. The minimum Gasteiger partial charge on any atom is -0.493 e. The Morgan fingerprint density at radius 3 is 2.62 bits per heavy atom. The van der Waals surface area contributed by atoms with E-state index in [9.17, 15) is 9.18 Å². The molecule has 5 nitrogen and oxygen atoms in total. The fraction of sp³-hybridized carbons (Fsp3) is 0.320. The fourth-order valence-electron chi connectivity index (χ4n) is 4.40. The number of rotatable bonds is 7. The quantitative estimate of drug-likeness (QED) is 0.556. The van der Waals surface area contributed by atoms with E-state index in [4.69, 9.17) is 9.47 Å².